The average Bonchev–Trinajstić information content (AvgIpc) is 2.38. The van der Waals surface area contributed by atoms with Crippen molar-refractivity contribution in [2.24, 2.45) is 5.73 Å². The van der Waals surface area contributed by atoms with Crippen molar-refractivity contribution < 1.29 is 18.3 Å². The van der Waals surface area contributed by atoms with Gasteiger partial charge in [-0.25, -0.2) is 8.78 Å². The van der Waals surface area contributed by atoms with Gasteiger partial charge in [-0.05, 0) is 12.5 Å². The Bertz CT molecular complexity index is 512. The van der Waals surface area contributed by atoms with Gasteiger partial charge < -0.3 is 10.5 Å². The summed E-state index contributed by atoms with van der Waals surface area (Å²) in [5.74, 6) is -0.596. The van der Waals surface area contributed by atoms with Crippen LogP contribution in [0.5, 0.6) is 0 Å². The molecule has 0 saturated heterocycles. The first-order chi connectivity index (χ1) is 9.04. The molecule has 0 saturated carbocycles. The van der Waals surface area contributed by atoms with E-state index in [1.165, 1.54) is 6.20 Å². The number of nitrogens with two attached hydrogens (primary N) is 1. The van der Waals surface area contributed by atoms with Crippen molar-refractivity contribution in [3.8, 4) is 6.07 Å². The van der Waals surface area contributed by atoms with Crippen LogP contribution in [0.2, 0.25) is 0 Å². The molecule has 0 radical (unpaired) electrons. The molecule has 1 rings (SSSR count). The van der Waals surface area contributed by atoms with Gasteiger partial charge in [0.15, 0.2) is 0 Å². The Hall–Kier alpha value is -2.07. The van der Waals surface area contributed by atoms with E-state index in [9.17, 15) is 13.6 Å². The number of hydrogen-bond donors (Lipinski definition) is 1. The van der Waals surface area contributed by atoms with Crippen LogP contribution in [0.3, 0.4) is 0 Å². The van der Waals surface area contributed by atoms with Crippen LogP contribution in [0.25, 0.3) is 0 Å². The van der Waals surface area contributed by atoms with Gasteiger partial charge in [-0.15, -0.1) is 0 Å². The highest BCUT2D eigenvalue weighted by Gasteiger charge is 2.22. The molecule has 7 heteroatoms. The first-order valence-electron chi connectivity index (χ1n) is 5.59. The first kappa shape index (κ1) is 15.0. The molecular weight excluding hydrogens is 256 g/mol. The Balaban J connectivity index is 3.24. The Labute approximate surface area is 109 Å². The smallest absolute Gasteiger partial charge is 0.310 e. The predicted molar refractivity (Wildman–Crippen MR) is 62.1 cm³/mol. The maximum atomic E-state index is 13.0. The van der Waals surface area contributed by atoms with Gasteiger partial charge in [0.1, 0.15) is 6.07 Å². The van der Waals surface area contributed by atoms with E-state index in [1.807, 2.05) is 0 Å². The van der Waals surface area contributed by atoms with Crippen molar-refractivity contribution in [2.75, 3.05) is 6.61 Å². The highest BCUT2D eigenvalue weighted by molar-refractivity contribution is 5.73. The third-order valence-electron chi connectivity index (χ3n) is 2.44. The second kappa shape index (κ2) is 6.75. The molecule has 0 aliphatic carbocycles. The van der Waals surface area contributed by atoms with Crippen molar-refractivity contribution >= 4 is 5.97 Å². The van der Waals surface area contributed by atoms with Gasteiger partial charge in [0.05, 0.1) is 29.8 Å². The lowest BCUT2D eigenvalue weighted by molar-refractivity contribution is -0.142. The highest BCUT2D eigenvalue weighted by atomic mass is 19.3. The zero-order valence-electron chi connectivity index (χ0n) is 10.3. The predicted octanol–water partition coefficient (Wildman–Crippen LogP) is 1.46. The van der Waals surface area contributed by atoms with Crippen LogP contribution in [0.15, 0.2) is 6.20 Å². The van der Waals surface area contributed by atoms with E-state index in [-0.39, 0.29) is 36.4 Å². The van der Waals surface area contributed by atoms with Crippen molar-refractivity contribution in [2.45, 2.75) is 26.3 Å². The van der Waals surface area contributed by atoms with Crippen LogP contribution >= 0.6 is 0 Å². The van der Waals surface area contributed by atoms with Gasteiger partial charge in [0.25, 0.3) is 6.43 Å². The molecule has 2 N–H and O–H groups in total. The standard InChI is InChI=1S/C12H13F2N3O2/c1-2-19-10(18)3-7-6-17-9(5-16)11(12(13)14)8(7)4-15/h6,12H,2-3,5,16H2,1H3. The van der Waals surface area contributed by atoms with Gasteiger partial charge in [0, 0.05) is 12.7 Å². The molecule has 19 heavy (non-hydrogen) atoms. The van der Waals surface area contributed by atoms with E-state index in [2.05, 4.69) is 4.98 Å². The van der Waals surface area contributed by atoms with E-state index in [0.29, 0.717) is 0 Å². The molecule has 0 spiro atoms. The van der Waals surface area contributed by atoms with Gasteiger partial charge in [-0.3, -0.25) is 9.78 Å². The maximum Gasteiger partial charge on any atom is 0.310 e. The molecule has 1 heterocycles. The van der Waals surface area contributed by atoms with Gasteiger partial charge in [-0.1, -0.05) is 0 Å². The fraction of sp³-hybridized carbons (Fsp3) is 0.417. The molecule has 0 atom stereocenters. The van der Waals surface area contributed by atoms with E-state index in [4.69, 9.17) is 15.7 Å². The second-order valence-corrected chi connectivity index (χ2v) is 3.62. The number of carbonyl (C=O) groups excluding carboxylic acids is 1. The minimum Gasteiger partial charge on any atom is -0.466 e. The third-order valence-corrected chi connectivity index (χ3v) is 2.44. The molecule has 1 aromatic rings. The summed E-state index contributed by atoms with van der Waals surface area (Å²) in [5.41, 5.74) is 4.63. The number of ether oxygens (including phenoxy) is 1. The molecular formula is C12H13F2N3O2. The summed E-state index contributed by atoms with van der Waals surface area (Å²) in [5, 5.41) is 9.01. The lowest BCUT2D eigenvalue weighted by Gasteiger charge is -2.11. The monoisotopic (exact) mass is 269 g/mol. The normalized spacial score (nSPS) is 10.3. The number of esters is 1. The van der Waals surface area contributed by atoms with Gasteiger partial charge in [0.2, 0.25) is 0 Å². The number of halogens is 2. The van der Waals surface area contributed by atoms with Crippen LogP contribution in [-0.2, 0) is 22.5 Å². The Kier molecular flexibility index (Phi) is 5.33. The zero-order chi connectivity index (χ0) is 14.4. The quantitative estimate of drug-likeness (QED) is 0.817. The van der Waals surface area contributed by atoms with Crippen LogP contribution in [0, 0.1) is 11.3 Å². The Morgan fingerprint density at radius 3 is 2.79 bits per heavy atom. The average molecular weight is 269 g/mol. The molecule has 102 valence electrons. The number of pyridine rings is 1. The largest absolute Gasteiger partial charge is 0.466 e. The number of rotatable bonds is 5. The van der Waals surface area contributed by atoms with Crippen molar-refractivity contribution in [1.29, 1.82) is 5.26 Å². The lowest BCUT2D eigenvalue weighted by atomic mass is 10.00. The SMILES string of the molecule is CCOC(=O)Cc1cnc(CN)c(C(F)F)c1C#N. The molecule has 0 aliphatic heterocycles. The van der Waals surface area contributed by atoms with E-state index in [1.54, 1.807) is 13.0 Å². The number of carbonyl (C=O) groups is 1. The highest BCUT2D eigenvalue weighted by Crippen LogP contribution is 2.27. The van der Waals surface area contributed by atoms with Crippen LogP contribution < -0.4 is 5.73 Å². The molecule has 0 amide bonds. The zero-order valence-corrected chi connectivity index (χ0v) is 10.3. The summed E-state index contributed by atoms with van der Waals surface area (Å²) in [4.78, 5) is 15.1. The van der Waals surface area contributed by atoms with E-state index in [0.717, 1.165) is 0 Å². The summed E-state index contributed by atoms with van der Waals surface area (Å²) in [7, 11) is 0. The summed E-state index contributed by atoms with van der Waals surface area (Å²) in [6.45, 7) is 1.61. The summed E-state index contributed by atoms with van der Waals surface area (Å²) in [6, 6.07) is 1.68. The number of hydrogen-bond acceptors (Lipinski definition) is 5. The number of alkyl halides is 2. The van der Waals surface area contributed by atoms with Crippen molar-refractivity contribution in [3.63, 3.8) is 0 Å². The van der Waals surface area contributed by atoms with E-state index < -0.39 is 18.0 Å². The Morgan fingerprint density at radius 1 is 1.63 bits per heavy atom. The molecule has 0 aliphatic rings. The lowest BCUT2D eigenvalue weighted by Crippen LogP contribution is -2.13. The van der Waals surface area contributed by atoms with Gasteiger partial charge >= 0.3 is 5.97 Å². The first-order valence-corrected chi connectivity index (χ1v) is 5.59. The van der Waals surface area contributed by atoms with E-state index >= 15 is 0 Å². The molecule has 5 nitrogen and oxygen atoms in total. The van der Waals surface area contributed by atoms with Gasteiger partial charge in [-0.2, -0.15) is 5.26 Å². The van der Waals surface area contributed by atoms with Crippen LogP contribution in [-0.4, -0.2) is 17.6 Å². The molecule has 0 bridgehead atoms. The summed E-state index contributed by atoms with van der Waals surface area (Å²) in [6.07, 6.45) is -1.93. The minimum absolute atomic E-state index is 0.0424. The Morgan fingerprint density at radius 2 is 2.32 bits per heavy atom. The fourth-order valence-corrected chi connectivity index (χ4v) is 1.64. The number of nitriles is 1. The number of aromatic nitrogens is 1. The molecule has 0 aromatic carbocycles. The van der Waals surface area contributed by atoms with Crippen LogP contribution in [0.4, 0.5) is 8.78 Å². The summed E-state index contributed by atoms with van der Waals surface area (Å²) >= 11 is 0. The topological polar surface area (TPSA) is 89.0 Å². The molecule has 0 unspecified atom stereocenters. The molecule has 0 fully saturated rings. The number of nitrogens with zero attached hydrogens (tertiary/aromatic N) is 2. The van der Waals surface area contributed by atoms with Crippen molar-refractivity contribution in [1.82, 2.24) is 4.98 Å². The maximum absolute atomic E-state index is 13.0. The third kappa shape index (κ3) is 3.45. The summed E-state index contributed by atoms with van der Waals surface area (Å²) < 4.78 is 30.6. The second-order valence-electron chi connectivity index (χ2n) is 3.62. The molecule has 1 aromatic heterocycles. The van der Waals surface area contributed by atoms with Crippen LogP contribution in [0.1, 0.15) is 35.7 Å². The fourth-order valence-electron chi connectivity index (χ4n) is 1.64. The minimum atomic E-state index is -2.87. The van der Waals surface area contributed by atoms with Crippen molar-refractivity contribution in [3.05, 3.63) is 28.6 Å².